The molecule has 2 saturated heterocycles. The van der Waals surface area contributed by atoms with Gasteiger partial charge in [0, 0.05) is 42.2 Å². The van der Waals surface area contributed by atoms with Crippen LogP contribution in [0.1, 0.15) is 55.6 Å². The molecule has 2 aliphatic heterocycles. The molecule has 3 aliphatic rings. The van der Waals surface area contributed by atoms with Crippen LogP contribution < -0.4 is 10.7 Å². The van der Waals surface area contributed by atoms with Crippen molar-refractivity contribution in [2.24, 2.45) is 0 Å². The van der Waals surface area contributed by atoms with Crippen molar-refractivity contribution in [3.05, 3.63) is 62.8 Å². The van der Waals surface area contributed by atoms with Crippen LogP contribution in [0.4, 0.5) is 4.79 Å². The Bertz CT molecular complexity index is 1540. The molecule has 1 amide bonds. The van der Waals surface area contributed by atoms with Gasteiger partial charge in [-0.05, 0) is 76.0 Å². The molecule has 0 bridgehead atoms. The fraction of sp³-hybridized carbons (Fsp3) is 0.484. The van der Waals surface area contributed by atoms with Gasteiger partial charge in [0.25, 0.3) is 0 Å². The molecular weight excluding hydrogens is 617 g/mol. The molecule has 4 N–H and O–H groups in total. The van der Waals surface area contributed by atoms with E-state index in [0.717, 1.165) is 25.8 Å². The molecular formula is C31H38Cl3N3O6. The van der Waals surface area contributed by atoms with Gasteiger partial charge in [-0.2, -0.15) is 0 Å². The number of carbonyl (C=O) groups is 1. The number of amides is 1. The van der Waals surface area contributed by atoms with Gasteiger partial charge in [-0.3, -0.25) is 9.69 Å². The van der Waals surface area contributed by atoms with Crippen molar-refractivity contribution in [1.29, 1.82) is 0 Å². The number of hydrogen-bond acceptors (Lipinski definition) is 7. The van der Waals surface area contributed by atoms with Gasteiger partial charge in [0.1, 0.15) is 22.5 Å². The van der Waals surface area contributed by atoms with Crippen LogP contribution >= 0.6 is 36.4 Å². The summed E-state index contributed by atoms with van der Waals surface area (Å²) in [6, 6.07) is 9.95. The zero-order valence-electron chi connectivity index (χ0n) is 23.9. The van der Waals surface area contributed by atoms with Gasteiger partial charge in [-0.15, -0.1) is 24.8 Å². The molecule has 3 atom stereocenters. The molecule has 1 unspecified atom stereocenters. The molecule has 3 fully saturated rings. The number of rotatable bonds is 6. The number of aromatic hydroxyl groups is 1. The molecule has 3 aromatic rings. The van der Waals surface area contributed by atoms with Crippen molar-refractivity contribution in [2.75, 3.05) is 33.2 Å². The summed E-state index contributed by atoms with van der Waals surface area (Å²) < 4.78 is 6.46. The molecule has 1 aromatic heterocycles. The number of phenolic OH excluding ortho intramolecular Hbond substituents is 1. The van der Waals surface area contributed by atoms with Gasteiger partial charge >= 0.3 is 6.09 Å². The number of piperidine rings is 2. The first-order chi connectivity index (χ1) is 19.7. The van der Waals surface area contributed by atoms with Crippen LogP contribution in [0.2, 0.25) is 5.02 Å². The lowest BCUT2D eigenvalue weighted by Crippen LogP contribution is -2.50. The first-order valence-corrected chi connectivity index (χ1v) is 14.8. The summed E-state index contributed by atoms with van der Waals surface area (Å²) in [7, 11) is 1.94. The number of likely N-dealkylation sites (N-methyl/N-ethyl adjacent to an activating group) is 1. The summed E-state index contributed by atoms with van der Waals surface area (Å²) in [5.74, 6) is -0.428. The first kappa shape index (κ1) is 33.4. The van der Waals surface area contributed by atoms with E-state index in [1.54, 1.807) is 30.3 Å². The zero-order chi connectivity index (χ0) is 28.9. The van der Waals surface area contributed by atoms with Gasteiger partial charge in [0.15, 0.2) is 5.43 Å². The van der Waals surface area contributed by atoms with E-state index in [1.165, 1.54) is 11.0 Å². The quantitative estimate of drug-likeness (QED) is 0.273. The number of carboxylic acid groups (broad SMARTS) is 1. The minimum atomic E-state index is -1.03. The minimum Gasteiger partial charge on any atom is -0.507 e. The highest BCUT2D eigenvalue weighted by atomic mass is 35.5. The number of fused-ring (bicyclic) bond motifs is 1. The van der Waals surface area contributed by atoms with E-state index >= 15 is 0 Å². The standard InChI is InChI=1S/C31H36ClN3O6.2ClH/c1-34-13-9-20(25(38)17-34)27-21(31(10-11-31)35(30(39)40)16-18-6-4-5-12-33-18)14-23(36)28-24(37)15-26(41-29(27)28)19-7-2-3-8-22(19)32;;/h2-3,7-8,14-15,18,20,25,33,36,38H,4-6,9-13,16-17H2,1H3,(H,39,40);2*1H/t18?,20-,25+;;/m0../s1. The third kappa shape index (κ3) is 6.21. The summed E-state index contributed by atoms with van der Waals surface area (Å²) >= 11 is 6.47. The van der Waals surface area contributed by atoms with Crippen LogP contribution in [0.25, 0.3) is 22.3 Å². The largest absolute Gasteiger partial charge is 0.507 e. The summed E-state index contributed by atoms with van der Waals surface area (Å²) in [4.78, 5) is 29.8. The number of nitrogens with one attached hydrogen (secondary N) is 1. The average Bonchev–Trinajstić information content (AvgIpc) is 3.74. The lowest BCUT2D eigenvalue weighted by atomic mass is 9.80. The molecule has 1 saturated carbocycles. The van der Waals surface area contributed by atoms with Crippen molar-refractivity contribution in [1.82, 2.24) is 15.1 Å². The second kappa shape index (κ2) is 13.2. The first-order valence-electron chi connectivity index (χ1n) is 14.4. The zero-order valence-corrected chi connectivity index (χ0v) is 26.3. The molecule has 0 radical (unpaired) electrons. The molecule has 2 aromatic carbocycles. The topological polar surface area (TPSA) is 126 Å². The SMILES string of the molecule is CN1CC[C@H](c2c(C3(N(CC4CCCCN4)C(=O)O)CC3)cc(O)c3c(=O)cc(-c4ccccc4Cl)oc23)[C@H](O)C1.Cl.Cl. The van der Waals surface area contributed by atoms with Crippen LogP contribution in [0.15, 0.2) is 45.6 Å². The monoisotopic (exact) mass is 653 g/mol. The number of benzene rings is 2. The van der Waals surface area contributed by atoms with Gasteiger partial charge in [0.2, 0.25) is 0 Å². The number of phenols is 1. The van der Waals surface area contributed by atoms with E-state index in [9.17, 15) is 24.9 Å². The maximum Gasteiger partial charge on any atom is 0.408 e. The molecule has 9 nitrogen and oxygen atoms in total. The van der Waals surface area contributed by atoms with E-state index in [2.05, 4.69) is 5.32 Å². The lowest BCUT2D eigenvalue weighted by molar-refractivity contribution is 0.0624. The van der Waals surface area contributed by atoms with E-state index < -0.39 is 29.1 Å². The third-order valence-electron chi connectivity index (χ3n) is 9.10. The lowest BCUT2D eigenvalue weighted by Gasteiger charge is -2.39. The second-order valence-corrected chi connectivity index (χ2v) is 12.2. The van der Waals surface area contributed by atoms with E-state index in [-0.39, 0.29) is 53.3 Å². The molecule has 234 valence electrons. The number of likely N-dealkylation sites (tertiary alicyclic amines) is 1. The fourth-order valence-electron chi connectivity index (χ4n) is 6.85. The highest BCUT2D eigenvalue weighted by Gasteiger charge is 2.55. The molecule has 12 heteroatoms. The molecule has 6 rings (SSSR count). The Morgan fingerprint density at radius 3 is 2.56 bits per heavy atom. The number of aliphatic hydroxyl groups excluding tert-OH is 1. The van der Waals surface area contributed by atoms with E-state index in [0.29, 0.717) is 60.6 Å². The Labute approximate surface area is 267 Å². The summed E-state index contributed by atoms with van der Waals surface area (Å²) in [6.07, 6.45) is 2.91. The van der Waals surface area contributed by atoms with Crippen LogP contribution in [-0.2, 0) is 5.54 Å². The maximum atomic E-state index is 13.5. The predicted octanol–water partition coefficient (Wildman–Crippen LogP) is 5.55. The van der Waals surface area contributed by atoms with Crippen molar-refractivity contribution in [2.45, 2.75) is 62.1 Å². The Morgan fingerprint density at radius 1 is 1.19 bits per heavy atom. The van der Waals surface area contributed by atoms with Crippen molar-refractivity contribution >= 4 is 53.5 Å². The average molecular weight is 655 g/mol. The normalized spacial score (nSPS) is 23.2. The minimum absolute atomic E-state index is 0. The maximum absolute atomic E-state index is 13.5. The van der Waals surface area contributed by atoms with Gasteiger partial charge in [-0.1, -0.05) is 30.2 Å². The predicted molar refractivity (Wildman–Crippen MR) is 171 cm³/mol. The second-order valence-electron chi connectivity index (χ2n) is 11.8. The Kier molecular flexibility index (Phi) is 10.3. The van der Waals surface area contributed by atoms with Crippen LogP contribution in [0.5, 0.6) is 5.75 Å². The number of nitrogens with zero attached hydrogens (tertiary/aromatic N) is 2. The van der Waals surface area contributed by atoms with Crippen LogP contribution in [0.3, 0.4) is 0 Å². The van der Waals surface area contributed by atoms with Crippen LogP contribution in [-0.4, -0.2) is 76.6 Å². The fourth-order valence-corrected chi connectivity index (χ4v) is 7.08. The van der Waals surface area contributed by atoms with Crippen LogP contribution in [0, 0.1) is 0 Å². The highest BCUT2D eigenvalue weighted by Crippen LogP contribution is 2.56. The smallest absolute Gasteiger partial charge is 0.408 e. The van der Waals surface area contributed by atoms with E-state index in [4.69, 9.17) is 16.0 Å². The number of aliphatic hydroxyl groups is 1. The van der Waals surface area contributed by atoms with Crippen molar-refractivity contribution in [3.8, 4) is 17.1 Å². The van der Waals surface area contributed by atoms with Crippen molar-refractivity contribution in [3.63, 3.8) is 0 Å². The number of hydrogen-bond donors (Lipinski definition) is 4. The Hall–Kier alpha value is -2.53. The van der Waals surface area contributed by atoms with Gasteiger partial charge in [-0.25, -0.2) is 4.79 Å². The van der Waals surface area contributed by atoms with Gasteiger partial charge in [0.05, 0.1) is 16.7 Å². The Balaban J connectivity index is 0.00000212. The Morgan fingerprint density at radius 2 is 1.93 bits per heavy atom. The van der Waals surface area contributed by atoms with Gasteiger partial charge < -0.3 is 30.0 Å². The summed E-state index contributed by atoms with van der Waals surface area (Å²) in [5.41, 5.74) is 0.598. The molecule has 3 heterocycles. The molecule has 0 spiro atoms. The summed E-state index contributed by atoms with van der Waals surface area (Å²) in [6.45, 7) is 2.29. The number of β-amino-alcohol motifs (C(OH)–C–C–N with tert-alkyl or cyclic N) is 1. The highest BCUT2D eigenvalue weighted by molar-refractivity contribution is 6.33. The number of halogens is 3. The van der Waals surface area contributed by atoms with E-state index in [1.807, 2.05) is 11.9 Å². The molecule has 1 aliphatic carbocycles. The summed E-state index contributed by atoms with van der Waals surface area (Å²) in [5, 5.41) is 37.0. The van der Waals surface area contributed by atoms with Crippen molar-refractivity contribution < 1.29 is 24.5 Å². The third-order valence-corrected chi connectivity index (χ3v) is 9.43. The molecule has 43 heavy (non-hydrogen) atoms.